The molecule has 6 nitrogen and oxygen atoms in total. The summed E-state index contributed by atoms with van der Waals surface area (Å²) in [5.74, 6) is 0.352. The molecule has 0 bridgehead atoms. The number of hydrogen-bond donors (Lipinski definition) is 1. The smallest absolute Gasteiger partial charge is 0.330 e. The molecule has 3 aromatic rings. The van der Waals surface area contributed by atoms with Crippen molar-refractivity contribution in [3.63, 3.8) is 0 Å². The third kappa shape index (κ3) is 4.06. The van der Waals surface area contributed by atoms with Crippen LogP contribution in [0.15, 0.2) is 48.5 Å². The first-order chi connectivity index (χ1) is 13.5. The summed E-state index contributed by atoms with van der Waals surface area (Å²) >= 11 is 0. The number of esters is 1. The first kappa shape index (κ1) is 19.2. The molecular formula is C22H21NO5. The average Bonchev–Trinajstić information content (AvgIpc) is 3.06. The van der Waals surface area contributed by atoms with Gasteiger partial charge in [0, 0.05) is 28.2 Å². The molecule has 1 heterocycles. The number of aryl methyl sites for hydroxylation is 1. The molecule has 0 atom stereocenters. The van der Waals surface area contributed by atoms with Gasteiger partial charge in [0.05, 0.1) is 14.2 Å². The maximum absolute atomic E-state index is 12.7. The van der Waals surface area contributed by atoms with Crippen molar-refractivity contribution in [2.45, 2.75) is 6.92 Å². The number of carbonyl (C=O) groups excluding carboxylic acids is 2. The van der Waals surface area contributed by atoms with E-state index in [0.29, 0.717) is 17.1 Å². The lowest BCUT2D eigenvalue weighted by Crippen LogP contribution is -2.12. The molecule has 0 saturated carbocycles. The van der Waals surface area contributed by atoms with E-state index in [1.165, 1.54) is 20.3 Å². The Kier molecular flexibility index (Phi) is 5.79. The van der Waals surface area contributed by atoms with Gasteiger partial charge in [0.15, 0.2) is 18.1 Å². The highest BCUT2D eigenvalue weighted by molar-refractivity contribution is 6.09. The average molecular weight is 379 g/mol. The molecule has 28 heavy (non-hydrogen) atoms. The van der Waals surface area contributed by atoms with Crippen LogP contribution in [-0.2, 0) is 9.53 Å². The molecule has 144 valence electrons. The predicted octanol–water partition coefficient (Wildman–Crippen LogP) is 3.93. The number of aromatic amines is 1. The molecule has 6 heteroatoms. The molecule has 0 unspecified atom stereocenters. The number of nitrogens with one attached hydrogen (secondary N) is 1. The molecule has 0 amide bonds. The van der Waals surface area contributed by atoms with Crippen molar-refractivity contribution in [2.75, 3.05) is 20.8 Å². The van der Waals surface area contributed by atoms with Gasteiger partial charge in [0.1, 0.15) is 0 Å². The SMILES string of the molecule is COC(=O)/C=C/c1ccc(OCC(=O)c2c(C)[nH]c3ccccc23)c(OC)c1. The molecule has 0 radical (unpaired) electrons. The van der Waals surface area contributed by atoms with E-state index in [2.05, 4.69) is 9.72 Å². The number of carbonyl (C=O) groups is 2. The first-order valence-electron chi connectivity index (χ1n) is 8.71. The topological polar surface area (TPSA) is 77.6 Å². The fraction of sp³-hybridized carbons (Fsp3) is 0.182. The molecular weight excluding hydrogens is 358 g/mol. The van der Waals surface area contributed by atoms with Gasteiger partial charge in [-0.05, 0) is 36.8 Å². The van der Waals surface area contributed by atoms with Crippen LogP contribution in [0.25, 0.3) is 17.0 Å². The monoisotopic (exact) mass is 379 g/mol. The Morgan fingerprint density at radius 3 is 2.61 bits per heavy atom. The Bertz CT molecular complexity index is 1050. The Morgan fingerprint density at radius 1 is 1.07 bits per heavy atom. The third-order valence-electron chi connectivity index (χ3n) is 4.33. The lowest BCUT2D eigenvalue weighted by Gasteiger charge is -2.11. The maximum atomic E-state index is 12.7. The molecule has 0 aliphatic rings. The van der Waals surface area contributed by atoms with Gasteiger partial charge in [0.2, 0.25) is 5.78 Å². The van der Waals surface area contributed by atoms with Gasteiger partial charge in [-0.2, -0.15) is 0 Å². The van der Waals surface area contributed by atoms with Crippen LogP contribution in [-0.4, -0.2) is 37.6 Å². The summed E-state index contributed by atoms with van der Waals surface area (Å²) in [5, 5.41) is 0.879. The van der Waals surface area contributed by atoms with E-state index in [1.54, 1.807) is 24.3 Å². The van der Waals surface area contributed by atoms with E-state index in [-0.39, 0.29) is 12.4 Å². The van der Waals surface area contributed by atoms with Crippen molar-refractivity contribution in [3.8, 4) is 11.5 Å². The van der Waals surface area contributed by atoms with Gasteiger partial charge in [-0.25, -0.2) is 4.79 Å². The number of H-pyrrole nitrogens is 1. The van der Waals surface area contributed by atoms with Crippen LogP contribution in [0.5, 0.6) is 11.5 Å². The van der Waals surface area contributed by atoms with E-state index in [9.17, 15) is 9.59 Å². The van der Waals surface area contributed by atoms with E-state index in [4.69, 9.17) is 9.47 Å². The lowest BCUT2D eigenvalue weighted by molar-refractivity contribution is -0.134. The molecule has 1 aromatic heterocycles. The maximum Gasteiger partial charge on any atom is 0.330 e. The molecule has 0 spiro atoms. The number of methoxy groups -OCH3 is 2. The van der Waals surface area contributed by atoms with Crippen LogP contribution < -0.4 is 9.47 Å². The second kappa shape index (κ2) is 8.43. The Hall–Kier alpha value is -3.54. The molecule has 0 saturated heterocycles. The van der Waals surface area contributed by atoms with E-state index in [0.717, 1.165) is 22.2 Å². The third-order valence-corrected chi connectivity index (χ3v) is 4.33. The highest BCUT2D eigenvalue weighted by Crippen LogP contribution is 2.29. The van der Waals surface area contributed by atoms with Crippen molar-refractivity contribution >= 4 is 28.7 Å². The summed E-state index contributed by atoms with van der Waals surface area (Å²) in [4.78, 5) is 27.2. The van der Waals surface area contributed by atoms with Crippen LogP contribution >= 0.6 is 0 Å². The van der Waals surface area contributed by atoms with E-state index >= 15 is 0 Å². The van der Waals surface area contributed by atoms with Crippen molar-refractivity contribution < 1.29 is 23.8 Å². The summed E-state index contributed by atoms with van der Waals surface area (Å²) in [6.45, 7) is 1.76. The lowest BCUT2D eigenvalue weighted by atomic mass is 10.1. The van der Waals surface area contributed by atoms with Gasteiger partial charge in [-0.15, -0.1) is 0 Å². The summed E-state index contributed by atoms with van der Waals surface area (Å²) in [7, 11) is 2.83. The van der Waals surface area contributed by atoms with Gasteiger partial charge in [-0.1, -0.05) is 24.3 Å². The molecule has 0 aliphatic carbocycles. The zero-order valence-electron chi connectivity index (χ0n) is 15.9. The summed E-state index contributed by atoms with van der Waals surface area (Å²) in [6.07, 6.45) is 2.93. The fourth-order valence-corrected chi connectivity index (χ4v) is 2.99. The number of aromatic nitrogens is 1. The van der Waals surface area contributed by atoms with Gasteiger partial charge in [0.25, 0.3) is 0 Å². The number of Topliss-reactive ketones (excluding diaryl/α,β-unsaturated/α-hetero) is 1. The second-order valence-electron chi connectivity index (χ2n) is 6.15. The zero-order chi connectivity index (χ0) is 20.1. The van der Waals surface area contributed by atoms with Crippen LogP contribution in [0.3, 0.4) is 0 Å². The first-order valence-corrected chi connectivity index (χ1v) is 8.71. The number of ether oxygens (including phenoxy) is 3. The minimum Gasteiger partial charge on any atom is -0.493 e. The Balaban J connectivity index is 1.76. The zero-order valence-corrected chi connectivity index (χ0v) is 15.9. The normalized spacial score (nSPS) is 11.0. The quantitative estimate of drug-likeness (QED) is 0.382. The van der Waals surface area contributed by atoms with Crippen molar-refractivity contribution in [2.24, 2.45) is 0 Å². The van der Waals surface area contributed by atoms with Gasteiger partial charge in [-0.3, -0.25) is 4.79 Å². The molecule has 0 fully saturated rings. The Morgan fingerprint density at radius 2 is 1.86 bits per heavy atom. The predicted molar refractivity (Wildman–Crippen MR) is 107 cm³/mol. The van der Waals surface area contributed by atoms with Crippen LogP contribution in [0.4, 0.5) is 0 Å². The van der Waals surface area contributed by atoms with Gasteiger partial charge < -0.3 is 19.2 Å². The van der Waals surface area contributed by atoms with Crippen LogP contribution in [0.2, 0.25) is 0 Å². The van der Waals surface area contributed by atoms with E-state index < -0.39 is 5.97 Å². The number of fused-ring (bicyclic) bond motifs is 1. The molecule has 3 rings (SSSR count). The minimum absolute atomic E-state index is 0.115. The summed E-state index contributed by atoms with van der Waals surface area (Å²) in [6, 6.07) is 12.8. The number of para-hydroxylation sites is 1. The highest BCUT2D eigenvalue weighted by atomic mass is 16.5. The summed E-state index contributed by atoms with van der Waals surface area (Å²) in [5.41, 5.74) is 3.10. The molecule has 2 aromatic carbocycles. The second-order valence-corrected chi connectivity index (χ2v) is 6.15. The molecule has 1 N–H and O–H groups in total. The van der Waals surface area contributed by atoms with Crippen molar-refractivity contribution in [1.82, 2.24) is 4.98 Å². The highest BCUT2D eigenvalue weighted by Gasteiger charge is 2.17. The summed E-state index contributed by atoms with van der Waals surface area (Å²) < 4.78 is 15.6. The van der Waals surface area contributed by atoms with Crippen LogP contribution in [0.1, 0.15) is 21.6 Å². The standard InChI is InChI=1S/C22H21NO5/c1-14-22(16-6-4-5-7-17(16)23-14)18(24)13-28-19-10-8-15(12-20(19)26-2)9-11-21(25)27-3/h4-12,23H,13H2,1-3H3/b11-9+. The molecule has 0 aliphatic heterocycles. The number of ketones is 1. The van der Waals surface area contributed by atoms with Gasteiger partial charge >= 0.3 is 5.97 Å². The van der Waals surface area contributed by atoms with Crippen molar-refractivity contribution in [3.05, 3.63) is 65.4 Å². The number of hydrogen-bond acceptors (Lipinski definition) is 5. The fourth-order valence-electron chi connectivity index (χ4n) is 2.99. The van der Waals surface area contributed by atoms with E-state index in [1.807, 2.05) is 31.2 Å². The van der Waals surface area contributed by atoms with Crippen molar-refractivity contribution in [1.29, 1.82) is 0 Å². The number of benzene rings is 2. The largest absolute Gasteiger partial charge is 0.493 e. The minimum atomic E-state index is -0.445. The Labute approximate surface area is 162 Å². The van der Waals surface area contributed by atoms with Crippen LogP contribution in [0, 0.1) is 6.92 Å². The number of rotatable bonds is 7.